The first-order valence-electron chi connectivity index (χ1n) is 5.93. The summed E-state index contributed by atoms with van der Waals surface area (Å²) in [5.41, 5.74) is -0.868. The summed E-state index contributed by atoms with van der Waals surface area (Å²) in [7, 11) is 1.27. The SMILES string of the molecule is COC(=O)C1(c2nc(CCOCC(F)(F)F)no2)CC1. The second-order valence-electron chi connectivity index (χ2n) is 4.51. The molecule has 0 bridgehead atoms. The van der Waals surface area contributed by atoms with Gasteiger partial charge in [-0.2, -0.15) is 18.2 Å². The number of carbonyl (C=O) groups is 1. The summed E-state index contributed by atoms with van der Waals surface area (Å²) in [6.45, 7) is -1.49. The number of rotatable bonds is 6. The molecule has 112 valence electrons. The number of aromatic nitrogens is 2. The molecule has 0 radical (unpaired) electrons. The smallest absolute Gasteiger partial charge is 0.411 e. The van der Waals surface area contributed by atoms with Gasteiger partial charge in [0.1, 0.15) is 12.0 Å². The second kappa shape index (κ2) is 5.39. The third-order valence-electron chi connectivity index (χ3n) is 2.94. The van der Waals surface area contributed by atoms with E-state index < -0.39 is 24.2 Å². The highest BCUT2D eigenvalue weighted by atomic mass is 19.4. The maximum Gasteiger partial charge on any atom is 0.411 e. The van der Waals surface area contributed by atoms with Gasteiger partial charge in [-0.3, -0.25) is 4.79 Å². The first-order valence-corrected chi connectivity index (χ1v) is 5.93. The number of esters is 1. The van der Waals surface area contributed by atoms with Crippen LogP contribution in [0.25, 0.3) is 0 Å². The Hall–Kier alpha value is -1.64. The number of methoxy groups -OCH3 is 1. The van der Waals surface area contributed by atoms with Crippen molar-refractivity contribution in [3.8, 4) is 0 Å². The number of ether oxygens (including phenoxy) is 2. The van der Waals surface area contributed by atoms with Crippen LogP contribution in [0.5, 0.6) is 0 Å². The number of carbonyl (C=O) groups excluding carboxylic acids is 1. The lowest BCUT2D eigenvalue weighted by atomic mass is 10.1. The van der Waals surface area contributed by atoms with E-state index >= 15 is 0 Å². The highest BCUT2D eigenvalue weighted by Crippen LogP contribution is 2.48. The van der Waals surface area contributed by atoms with Crippen molar-refractivity contribution >= 4 is 5.97 Å². The maximum absolute atomic E-state index is 11.9. The zero-order chi connectivity index (χ0) is 14.8. The van der Waals surface area contributed by atoms with Crippen molar-refractivity contribution in [2.75, 3.05) is 20.3 Å². The number of alkyl halides is 3. The number of hydrogen-bond acceptors (Lipinski definition) is 6. The van der Waals surface area contributed by atoms with Crippen LogP contribution < -0.4 is 0 Å². The molecule has 0 atom stereocenters. The molecule has 9 heteroatoms. The topological polar surface area (TPSA) is 74.5 Å². The molecule has 0 N–H and O–H groups in total. The Morgan fingerprint density at radius 3 is 2.70 bits per heavy atom. The van der Waals surface area contributed by atoms with E-state index in [1.807, 2.05) is 0 Å². The summed E-state index contributed by atoms with van der Waals surface area (Å²) < 4.78 is 49.6. The minimum Gasteiger partial charge on any atom is -0.468 e. The summed E-state index contributed by atoms with van der Waals surface area (Å²) in [6, 6.07) is 0. The van der Waals surface area contributed by atoms with Crippen LogP contribution in [-0.4, -0.2) is 42.6 Å². The predicted molar refractivity (Wildman–Crippen MR) is 57.8 cm³/mol. The van der Waals surface area contributed by atoms with Crippen molar-refractivity contribution in [3.05, 3.63) is 11.7 Å². The molecule has 1 saturated carbocycles. The monoisotopic (exact) mass is 294 g/mol. The molecule has 1 aromatic heterocycles. The lowest BCUT2D eigenvalue weighted by Crippen LogP contribution is -2.22. The maximum atomic E-state index is 11.9. The molecule has 0 saturated heterocycles. The van der Waals surface area contributed by atoms with Crippen molar-refractivity contribution in [2.45, 2.75) is 30.9 Å². The standard InChI is InChI=1S/C11H13F3N2O4/c1-18-9(17)10(3-4-10)8-15-7(16-20-8)2-5-19-6-11(12,13)14/h2-6H2,1H3. The van der Waals surface area contributed by atoms with Gasteiger partial charge >= 0.3 is 12.1 Å². The Morgan fingerprint density at radius 2 is 2.15 bits per heavy atom. The number of hydrogen-bond donors (Lipinski definition) is 0. The lowest BCUT2D eigenvalue weighted by molar-refractivity contribution is -0.173. The summed E-state index contributed by atoms with van der Waals surface area (Å²) in [5, 5.41) is 3.62. The van der Waals surface area contributed by atoms with E-state index in [4.69, 9.17) is 4.52 Å². The van der Waals surface area contributed by atoms with Gasteiger partial charge in [-0.05, 0) is 12.8 Å². The first-order chi connectivity index (χ1) is 9.37. The normalized spacial score (nSPS) is 17.0. The van der Waals surface area contributed by atoms with Gasteiger partial charge in [-0.1, -0.05) is 5.16 Å². The first kappa shape index (κ1) is 14.8. The quantitative estimate of drug-likeness (QED) is 0.583. The van der Waals surface area contributed by atoms with Crippen molar-refractivity contribution in [1.29, 1.82) is 0 Å². The Morgan fingerprint density at radius 1 is 1.45 bits per heavy atom. The molecule has 2 rings (SSSR count). The second-order valence-corrected chi connectivity index (χ2v) is 4.51. The van der Waals surface area contributed by atoms with Gasteiger partial charge in [0, 0.05) is 6.42 Å². The fourth-order valence-electron chi connectivity index (χ4n) is 1.73. The van der Waals surface area contributed by atoms with Gasteiger partial charge in [-0.15, -0.1) is 0 Å². The molecule has 1 fully saturated rings. The molecular formula is C11H13F3N2O4. The number of nitrogens with zero attached hydrogens (tertiary/aromatic N) is 2. The molecule has 0 unspecified atom stereocenters. The minimum atomic E-state index is -4.36. The van der Waals surface area contributed by atoms with Crippen LogP contribution in [0.1, 0.15) is 24.6 Å². The fourth-order valence-corrected chi connectivity index (χ4v) is 1.73. The molecule has 6 nitrogen and oxygen atoms in total. The van der Waals surface area contributed by atoms with Crippen LogP contribution in [0.4, 0.5) is 13.2 Å². The third kappa shape index (κ3) is 3.27. The molecule has 1 aromatic rings. The minimum absolute atomic E-state index is 0.0802. The molecular weight excluding hydrogens is 281 g/mol. The van der Waals surface area contributed by atoms with E-state index in [1.54, 1.807) is 0 Å². The predicted octanol–water partition coefficient (Wildman–Crippen LogP) is 1.40. The van der Waals surface area contributed by atoms with Crippen LogP contribution in [-0.2, 0) is 26.1 Å². The van der Waals surface area contributed by atoms with Crippen LogP contribution >= 0.6 is 0 Å². The summed E-state index contributed by atoms with van der Waals surface area (Å²) in [4.78, 5) is 15.6. The molecule has 20 heavy (non-hydrogen) atoms. The summed E-state index contributed by atoms with van der Waals surface area (Å²) in [5.74, 6) is -0.0893. The van der Waals surface area contributed by atoms with Gasteiger partial charge in [0.05, 0.1) is 13.7 Å². The van der Waals surface area contributed by atoms with Crippen molar-refractivity contribution in [3.63, 3.8) is 0 Å². The van der Waals surface area contributed by atoms with Crippen molar-refractivity contribution in [1.82, 2.24) is 10.1 Å². The average molecular weight is 294 g/mol. The van der Waals surface area contributed by atoms with E-state index in [2.05, 4.69) is 19.6 Å². The van der Waals surface area contributed by atoms with Crippen molar-refractivity contribution in [2.24, 2.45) is 0 Å². The van der Waals surface area contributed by atoms with Gasteiger partial charge in [0.25, 0.3) is 0 Å². The summed E-state index contributed by atoms with van der Waals surface area (Å²) >= 11 is 0. The van der Waals surface area contributed by atoms with Gasteiger partial charge in [0.15, 0.2) is 5.82 Å². The Balaban J connectivity index is 1.86. The van der Waals surface area contributed by atoms with Gasteiger partial charge in [-0.25, -0.2) is 0 Å². The summed E-state index contributed by atoms with van der Waals surface area (Å²) in [6.07, 6.45) is -3.15. The Labute approximate surface area is 112 Å². The molecule has 0 spiro atoms. The Bertz CT molecular complexity index is 482. The molecule has 1 heterocycles. The highest BCUT2D eigenvalue weighted by molar-refractivity contribution is 5.85. The molecule has 1 aliphatic carbocycles. The lowest BCUT2D eigenvalue weighted by Gasteiger charge is -2.06. The zero-order valence-electron chi connectivity index (χ0n) is 10.7. The van der Waals surface area contributed by atoms with E-state index in [0.717, 1.165) is 0 Å². The van der Waals surface area contributed by atoms with Crippen LogP contribution in [0.2, 0.25) is 0 Å². The molecule has 1 aliphatic rings. The third-order valence-corrected chi connectivity index (χ3v) is 2.94. The van der Waals surface area contributed by atoms with Crippen LogP contribution in [0, 0.1) is 0 Å². The van der Waals surface area contributed by atoms with Crippen molar-refractivity contribution < 1.29 is 32.0 Å². The van der Waals surface area contributed by atoms with E-state index in [1.165, 1.54) is 7.11 Å². The van der Waals surface area contributed by atoms with Crippen LogP contribution in [0.3, 0.4) is 0 Å². The number of halogens is 3. The van der Waals surface area contributed by atoms with E-state index in [-0.39, 0.29) is 24.7 Å². The molecule has 0 aliphatic heterocycles. The Kier molecular flexibility index (Phi) is 3.98. The molecule has 0 aromatic carbocycles. The van der Waals surface area contributed by atoms with E-state index in [9.17, 15) is 18.0 Å². The highest BCUT2D eigenvalue weighted by Gasteiger charge is 2.57. The average Bonchev–Trinajstić information content (AvgIpc) is 3.06. The van der Waals surface area contributed by atoms with Gasteiger partial charge in [0.2, 0.25) is 5.89 Å². The van der Waals surface area contributed by atoms with E-state index in [0.29, 0.717) is 12.8 Å². The van der Waals surface area contributed by atoms with Gasteiger partial charge < -0.3 is 14.0 Å². The van der Waals surface area contributed by atoms with Crippen LogP contribution in [0.15, 0.2) is 4.52 Å². The largest absolute Gasteiger partial charge is 0.468 e. The zero-order valence-corrected chi connectivity index (χ0v) is 10.7. The fraction of sp³-hybridized carbons (Fsp3) is 0.727. The molecule has 0 amide bonds.